The summed E-state index contributed by atoms with van der Waals surface area (Å²) in [6, 6.07) is 12.2. The zero-order chi connectivity index (χ0) is 18.9. The Morgan fingerprint density at radius 3 is 2.71 bits per heavy atom. The van der Waals surface area contributed by atoms with E-state index < -0.39 is 0 Å². The molecule has 1 N–H and O–H groups in total. The Hall–Kier alpha value is -2.93. The summed E-state index contributed by atoms with van der Waals surface area (Å²) in [5, 5.41) is 2.66. The molecule has 2 aromatic heterocycles. The summed E-state index contributed by atoms with van der Waals surface area (Å²) in [4.78, 5) is 33.0. The largest absolute Gasteiger partial charge is 0.356 e. The third-order valence-electron chi connectivity index (χ3n) is 5.78. The van der Waals surface area contributed by atoms with Crippen molar-refractivity contribution in [1.82, 2.24) is 20.0 Å². The highest BCUT2D eigenvalue weighted by atomic mass is 16.7. The van der Waals surface area contributed by atoms with Crippen molar-refractivity contribution in [2.24, 2.45) is 5.92 Å². The standard InChI is InChI=1S/C21H23N5O2/c27-21(26-18(9-13-28-26)15-4-2-1-3-5-15)16-7-11-25(12-8-16)20-17-6-10-22-19(17)23-14-24-20/h1-6,10,14,16,18H,7-9,11-13H2,(H,22,23,24)/t18-/m0/s1. The van der Waals surface area contributed by atoms with Crippen molar-refractivity contribution in [2.75, 3.05) is 24.6 Å². The molecule has 0 unspecified atom stereocenters. The number of nitrogens with zero attached hydrogens (tertiary/aromatic N) is 4. The molecule has 2 aliphatic heterocycles. The van der Waals surface area contributed by atoms with Gasteiger partial charge in [0, 0.05) is 31.6 Å². The minimum atomic E-state index is -0.0101. The van der Waals surface area contributed by atoms with Crippen LogP contribution in [0.5, 0.6) is 0 Å². The highest BCUT2D eigenvalue weighted by Crippen LogP contribution is 2.34. The molecule has 4 heterocycles. The van der Waals surface area contributed by atoms with Gasteiger partial charge in [-0.1, -0.05) is 30.3 Å². The van der Waals surface area contributed by atoms with Crippen LogP contribution in [0, 0.1) is 5.92 Å². The maximum atomic E-state index is 13.2. The summed E-state index contributed by atoms with van der Waals surface area (Å²) in [6.07, 6.45) is 5.93. The first kappa shape index (κ1) is 17.2. The summed E-state index contributed by atoms with van der Waals surface area (Å²) in [6.45, 7) is 2.20. The number of carbonyl (C=O) groups excluding carboxylic acids is 1. The van der Waals surface area contributed by atoms with E-state index in [2.05, 4.69) is 32.0 Å². The third-order valence-corrected chi connectivity index (χ3v) is 5.78. The van der Waals surface area contributed by atoms with Crippen LogP contribution in [0.15, 0.2) is 48.9 Å². The fourth-order valence-electron chi connectivity index (χ4n) is 4.29. The number of fused-ring (bicyclic) bond motifs is 1. The van der Waals surface area contributed by atoms with Crippen molar-refractivity contribution in [2.45, 2.75) is 25.3 Å². The molecule has 1 amide bonds. The predicted molar refractivity (Wildman–Crippen MR) is 105 cm³/mol. The monoisotopic (exact) mass is 377 g/mol. The van der Waals surface area contributed by atoms with Crippen molar-refractivity contribution in [3.8, 4) is 0 Å². The van der Waals surface area contributed by atoms with E-state index in [0.29, 0.717) is 6.61 Å². The zero-order valence-electron chi connectivity index (χ0n) is 15.6. The van der Waals surface area contributed by atoms with Crippen LogP contribution in [0.1, 0.15) is 30.9 Å². The molecule has 2 aliphatic rings. The van der Waals surface area contributed by atoms with Gasteiger partial charge in [0.2, 0.25) is 5.91 Å². The van der Waals surface area contributed by atoms with Crippen molar-refractivity contribution in [1.29, 1.82) is 0 Å². The Morgan fingerprint density at radius 1 is 1.07 bits per heavy atom. The van der Waals surface area contributed by atoms with E-state index in [4.69, 9.17) is 4.84 Å². The molecule has 0 radical (unpaired) electrons. The minimum Gasteiger partial charge on any atom is -0.356 e. The lowest BCUT2D eigenvalue weighted by Gasteiger charge is -2.34. The normalized spacial score (nSPS) is 20.8. The Kier molecular flexibility index (Phi) is 4.44. The van der Waals surface area contributed by atoms with Crippen molar-refractivity contribution in [3.05, 3.63) is 54.5 Å². The fraction of sp³-hybridized carbons (Fsp3) is 0.381. The van der Waals surface area contributed by atoms with Crippen molar-refractivity contribution < 1.29 is 9.63 Å². The summed E-state index contributed by atoms with van der Waals surface area (Å²) in [7, 11) is 0. The number of amides is 1. The van der Waals surface area contributed by atoms with Crippen LogP contribution in [0.3, 0.4) is 0 Å². The maximum Gasteiger partial charge on any atom is 0.249 e. The van der Waals surface area contributed by atoms with Gasteiger partial charge in [0.05, 0.1) is 18.0 Å². The number of aromatic nitrogens is 3. The molecular weight excluding hydrogens is 354 g/mol. The van der Waals surface area contributed by atoms with E-state index in [-0.39, 0.29) is 17.9 Å². The fourth-order valence-corrected chi connectivity index (χ4v) is 4.29. The summed E-state index contributed by atoms with van der Waals surface area (Å²) in [5.41, 5.74) is 1.99. The molecule has 2 fully saturated rings. The molecular formula is C21H23N5O2. The lowest BCUT2D eigenvalue weighted by molar-refractivity contribution is -0.182. The number of anilines is 1. The lowest BCUT2D eigenvalue weighted by atomic mass is 9.94. The molecule has 2 saturated heterocycles. The molecule has 5 rings (SSSR count). The molecule has 7 heteroatoms. The number of hydrogen-bond acceptors (Lipinski definition) is 5. The number of benzene rings is 1. The number of hydroxylamine groups is 2. The molecule has 1 aromatic carbocycles. The average molecular weight is 377 g/mol. The van der Waals surface area contributed by atoms with Gasteiger partial charge in [-0.3, -0.25) is 9.63 Å². The van der Waals surface area contributed by atoms with E-state index in [0.717, 1.165) is 54.8 Å². The minimum absolute atomic E-state index is 0.0101. The Morgan fingerprint density at radius 2 is 1.89 bits per heavy atom. The van der Waals surface area contributed by atoms with E-state index >= 15 is 0 Å². The number of nitrogens with one attached hydrogen (secondary N) is 1. The van der Waals surface area contributed by atoms with Gasteiger partial charge in [-0.15, -0.1) is 0 Å². The van der Waals surface area contributed by atoms with Crippen LogP contribution in [0.25, 0.3) is 11.0 Å². The summed E-state index contributed by atoms with van der Waals surface area (Å²) in [5.74, 6) is 1.04. The predicted octanol–water partition coefficient (Wildman–Crippen LogP) is 3.08. The van der Waals surface area contributed by atoms with Gasteiger partial charge in [0.25, 0.3) is 0 Å². The highest BCUT2D eigenvalue weighted by molar-refractivity contribution is 5.87. The summed E-state index contributed by atoms with van der Waals surface area (Å²) >= 11 is 0. The molecule has 7 nitrogen and oxygen atoms in total. The first-order valence-electron chi connectivity index (χ1n) is 9.85. The van der Waals surface area contributed by atoms with Crippen molar-refractivity contribution in [3.63, 3.8) is 0 Å². The number of aromatic amines is 1. The number of piperidine rings is 1. The van der Waals surface area contributed by atoms with Gasteiger partial charge in [0.1, 0.15) is 17.8 Å². The van der Waals surface area contributed by atoms with Crippen LogP contribution < -0.4 is 4.90 Å². The quantitative estimate of drug-likeness (QED) is 0.759. The van der Waals surface area contributed by atoms with Gasteiger partial charge in [-0.25, -0.2) is 15.0 Å². The van der Waals surface area contributed by atoms with E-state index in [9.17, 15) is 4.79 Å². The molecule has 28 heavy (non-hydrogen) atoms. The average Bonchev–Trinajstić information content (AvgIpc) is 3.43. The van der Waals surface area contributed by atoms with Crippen LogP contribution in [-0.2, 0) is 9.63 Å². The Balaban J connectivity index is 1.28. The Labute approximate surface area is 163 Å². The van der Waals surface area contributed by atoms with Crippen LogP contribution in [0.2, 0.25) is 0 Å². The second-order valence-corrected chi connectivity index (χ2v) is 7.41. The smallest absolute Gasteiger partial charge is 0.249 e. The number of hydrogen-bond donors (Lipinski definition) is 1. The second-order valence-electron chi connectivity index (χ2n) is 7.41. The molecule has 1 atom stereocenters. The van der Waals surface area contributed by atoms with Crippen LogP contribution in [-0.4, -0.2) is 45.6 Å². The van der Waals surface area contributed by atoms with Crippen LogP contribution >= 0.6 is 0 Å². The molecule has 0 saturated carbocycles. The number of rotatable bonds is 3. The van der Waals surface area contributed by atoms with E-state index in [1.54, 1.807) is 11.4 Å². The first-order valence-corrected chi connectivity index (χ1v) is 9.85. The topological polar surface area (TPSA) is 74.4 Å². The van der Waals surface area contributed by atoms with Gasteiger partial charge in [0.15, 0.2) is 0 Å². The van der Waals surface area contributed by atoms with Gasteiger partial charge < -0.3 is 9.88 Å². The van der Waals surface area contributed by atoms with Crippen molar-refractivity contribution >= 4 is 22.8 Å². The van der Waals surface area contributed by atoms with E-state index in [1.807, 2.05) is 30.5 Å². The number of carbonyl (C=O) groups is 1. The SMILES string of the molecule is O=C(C1CCN(c2ncnc3[nH]ccc23)CC1)N1OCC[C@H]1c1ccccc1. The Bertz CT molecular complexity index is 965. The molecule has 144 valence electrons. The van der Waals surface area contributed by atoms with E-state index in [1.165, 1.54) is 0 Å². The lowest BCUT2D eigenvalue weighted by Crippen LogP contribution is -2.42. The first-order chi connectivity index (χ1) is 13.8. The molecule has 0 bridgehead atoms. The van der Waals surface area contributed by atoms with Gasteiger partial charge >= 0.3 is 0 Å². The molecule has 0 aliphatic carbocycles. The molecule has 3 aromatic rings. The van der Waals surface area contributed by atoms with Crippen LogP contribution in [0.4, 0.5) is 5.82 Å². The third kappa shape index (κ3) is 3.01. The molecule has 0 spiro atoms. The second kappa shape index (κ2) is 7.24. The zero-order valence-corrected chi connectivity index (χ0v) is 15.6. The summed E-state index contributed by atoms with van der Waals surface area (Å²) < 4.78 is 0. The maximum absolute atomic E-state index is 13.2. The number of H-pyrrole nitrogens is 1. The highest BCUT2D eigenvalue weighted by Gasteiger charge is 2.37. The van der Waals surface area contributed by atoms with Gasteiger partial charge in [-0.05, 0) is 24.5 Å². The van der Waals surface area contributed by atoms with Gasteiger partial charge in [-0.2, -0.15) is 0 Å².